The molecule has 2 aromatic rings. The molecule has 0 radical (unpaired) electrons. The summed E-state index contributed by atoms with van der Waals surface area (Å²) < 4.78 is 5.18. The molecule has 0 fully saturated rings. The Morgan fingerprint density at radius 1 is 1.06 bits per heavy atom. The van der Waals surface area contributed by atoms with Crippen LogP contribution in [0.1, 0.15) is 49.1 Å². The second-order valence-corrected chi connectivity index (χ2v) is 9.27. The molecular weight excluding hydrogens is 446 g/mol. The van der Waals surface area contributed by atoms with Crippen molar-refractivity contribution in [3.8, 4) is 12.5 Å². The van der Waals surface area contributed by atoms with E-state index in [1.807, 2.05) is 39.0 Å². The van der Waals surface area contributed by atoms with Gasteiger partial charge in [0.05, 0.1) is 6.61 Å². The standard InChI is InChI=1S/C27H33N3O5/c1-8-30(25(33)22(16-31)29-26(34)35-27(5,6)7)23(20-14-13-17(2)19(4)15-20)24(32)28-21-12-10-9-11-18(21)3/h1,9-15,22-23,31H,16H2,2-7H3,(H,28,32)(H,29,34). The van der Waals surface area contributed by atoms with E-state index in [0.29, 0.717) is 11.3 Å². The molecule has 0 aliphatic rings. The lowest BCUT2D eigenvalue weighted by atomic mass is 9.98. The predicted octanol–water partition coefficient (Wildman–Crippen LogP) is 3.60. The molecule has 0 spiro atoms. The molecule has 0 aliphatic carbocycles. The first kappa shape index (κ1) is 27.4. The minimum Gasteiger partial charge on any atom is -0.444 e. The molecule has 0 bridgehead atoms. The van der Waals surface area contributed by atoms with Crippen LogP contribution in [-0.4, -0.2) is 46.2 Å². The summed E-state index contributed by atoms with van der Waals surface area (Å²) >= 11 is 0. The Kier molecular flexibility index (Phi) is 9.04. The van der Waals surface area contributed by atoms with Crippen molar-refractivity contribution in [2.45, 2.75) is 59.2 Å². The normalized spacial score (nSPS) is 12.6. The third kappa shape index (κ3) is 7.33. The van der Waals surface area contributed by atoms with Crippen molar-refractivity contribution >= 4 is 23.6 Å². The smallest absolute Gasteiger partial charge is 0.408 e. The Morgan fingerprint density at radius 2 is 1.71 bits per heavy atom. The van der Waals surface area contributed by atoms with Crippen molar-refractivity contribution in [2.75, 3.05) is 11.9 Å². The van der Waals surface area contributed by atoms with Crippen molar-refractivity contribution in [2.24, 2.45) is 0 Å². The van der Waals surface area contributed by atoms with Gasteiger partial charge in [-0.1, -0.05) is 42.8 Å². The highest BCUT2D eigenvalue weighted by Crippen LogP contribution is 2.26. The molecule has 2 rings (SSSR count). The van der Waals surface area contributed by atoms with Gasteiger partial charge in [0.15, 0.2) is 0 Å². The Balaban J connectivity index is 2.45. The number of carbonyl (C=O) groups is 3. The van der Waals surface area contributed by atoms with Crippen molar-refractivity contribution in [3.63, 3.8) is 0 Å². The molecule has 2 aromatic carbocycles. The van der Waals surface area contributed by atoms with Gasteiger partial charge in [0.2, 0.25) is 0 Å². The molecule has 3 N–H and O–H groups in total. The number of aliphatic hydroxyl groups excluding tert-OH is 1. The van der Waals surface area contributed by atoms with Crippen LogP contribution >= 0.6 is 0 Å². The second-order valence-electron chi connectivity index (χ2n) is 9.27. The molecule has 0 saturated carbocycles. The maximum absolute atomic E-state index is 13.5. The summed E-state index contributed by atoms with van der Waals surface area (Å²) in [7, 11) is 0. The number of amides is 3. The number of hydrogen-bond donors (Lipinski definition) is 3. The molecule has 0 aliphatic heterocycles. The summed E-state index contributed by atoms with van der Waals surface area (Å²) in [5.41, 5.74) is 2.99. The lowest BCUT2D eigenvalue weighted by Gasteiger charge is -2.30. The Bertz CT molecular complexity index is 1130. The fourth-order valence-electron chi connectivity index (χ4n) is 3.34. The summed E-state index contributed by atoms with van der Waals surface area (Å²) in [6.45, 7) is 9.92. The number of terminal acetylenes is 1. The van der Waals surface area contributed by atoms with E-state index < -0.39 is 42.2 Å². The van der Waals surface area contributed by atoms with Crippen LogP contribution < -0.4 is 10.6 Å². The van der Waals surface area contributed by atoms with Crippen LogP contribution in [0.4, 0.5) is 10.5 Å². The van der Waals surface area contributed by atoms with Crippen LogP contribution in [0.2, 0.25) is 0 Å². The predicted molar refractivity (Wildman–Crippen MR) is 134 cm³/mol. The summed E-state index contributed by atoms with van der Waals surface area (Å²) in [6, 6.07) is 12.2. The highest BCUT2D eigenvalue weighted by Gasteiger charge is 2.36. The second kappa shape index (κ2) is 11.5. The van der Waals surface area contributed by atoms with E-state index in [0.717, 1.165) is 21.6 Å². The number of alkyl carbamates (subject to hydrolysis) is 1. The number of hydrogen-bond acceptors (Lipinski definition) is 5. The fraction of sp³-hybridized carbons (Fsp3) is 0.370. The van der Waals surface area contributed by atoms with E-state index >= 15 is 0 Å². The molecule has 3 amide bonds. The maximum Gasteiger partial charge on any atom is 0.408 e. The largest absolute Gasteiger partial charge is 0.444 e. The first-order valence-corrected chi connectivity index (χ1v) is 11.2. The van der Waals surface area contributed by atoms with Crippen LogP contribution in [0.5, 0.6) is 0 Å². The van der Waals surface area contributed by atoms with Gasteiger partial charge in [-0.25, -0.2) is 4.79 Å². The highest BCUT2D eigenvalue weighted by atomic mass is 16.6. The molecule has 0 saturated heterocycles. The van der Waals surface area contributed by atoms with Crippen LogP contribution in [0, 0.1) is 33.2 Å². The van der Waals surface area contributed by atoms with Gasteiger partial charge >= 0.3 is 6.09 Å². The zero-order valence-corrected chi connectivity index (χ0v) is 21.0. The highest BCUT2D eigenvalue weighted by molar-refractivity contribution is 6.00. The van der Waals surface area contributed by atoms with Gasteiger partial charge < -0.3 is 20.5 Å². The molecule has 0 heterocycles. The van der Waals surface area contributed by atoms with E-state index in [4.69, 9.17) is 11.2 Å². The molecule has 35 heavy (non-hydrogen) atoms. The zero-order chi connectivity index (χ0) is 26.3. The Labute approximate surface area is 206 Å². The van der Waals surface area contributed by atoms with Gasteiger partial charge in [-0.05, 0) is 69.9 Å². The van der Waals surface area contributed by atoms with E-state index in [1.54, 1.807) is 45.0 Å². The molecule has 2 atom stereocenters. The molecule has 186 valence electrons. The third-order valence-electron chi connectivity index (χ3n) is 5.30. The van der Waals surface area contributed by atoms with Crippen molar-refractivity contribution < 1.29 is 24.2 Å². The lowest BCUT2D eigenvalue weighted by Crippen LogP contribution is -2.52. The van der Waals surface area contributed by atoms with Gasteiger partial charge in [0.1, 0.15) is 17.7 Å². The number of anilines is 1. The molecule has 8 nitrogen and oxygen atoms in total. The van der Waals surface area contributed by atoms with E-state index in [2.05, 4.69) is 16.7 Å². The fourth-order valence-corrected chi connectivity index (χ4v) is 3.34. The van der Waals surface area contributed by atoms with Gasteiger partial charge in [0.25, 0.3) is 11.8 Å². The number of aliphatic hydroxyl groups is 1. The summed E-state index contributed by atoms with van der Waals surface area (Å²) in [5.74, 6) is -1.37. The summed E-state index contributed by atoms with van der Waals surface area (Å²) in [6.07, 6.45) is 4.82. The van der Waals surface area contributed by atoms with Crippen LogP contribution in [0.15, 0.2) is 42.5 Å². The van der Waals surface area contributed by atoms with Crippen molar-refractivity contribution in [1.82, 2.24) is 10.2 Å². The number of carbonyl (C=O) groups excluding carboxylic acids is 3. The van der Waals surface area contributed by atoms with E-state index in [1.165, 1.54) is 0 Å². The van der Waals surface area contributed by atoms with Crippen LogP contribution in [0.25, 0.3) is 0 Å². The quantitative estimate of drug-likeness (QED) is 0.415. The minimum atomic E-state index is -1.42. The van der Waals surface area contributed by atoms with Crippen molar-refractivity contribution in [3.05, 3.63) is 64.7 Å². The van der Waals surface area contributed by atoms with Crippen LogP contribution in [-0.2, 0) is 14.3 Å². The van der Waals surface area contributed by atoms with Crippen LogP contribution in [0.3, 0.4) is 0 Å². The number of rotatable bonds is 7. The van der Waals surface area contributed by atoms with Gasteiger partial charge in [-0.3, -0.25) is 14.5 Å². The summed E-state index contributed by atoms with van der Waals surface area (Å²) in [4.78, 5) is 40.0. The average molecular weight is 480 g/mol. The monoisotopic (exact) mass is 479 g/mol. The first-order valence-electron chi connectivity index (χ1n) is 11.2. The number of nitrogens with one attached hydrogen (secondary N) is 2. The maximum atomic E-state index is 13.5. The molecule has 8 heteroatoms. The Hall–Kier alpha value is -3.83. The number of para-hydroxylation sites is 1. The third-order valence-corrected chi connectivity index (χ3v) is 5.30. The van der Waals surface area contributed by atoms with Gasteiger partial charge in [0, 0.05) is 11.7 Å². The number of ether oxygens (including phenoxy) is 1. The molecule has 0 aromatic heterocycles. The average Bonchev–Trinajstić information content (AvgIpc) is 2.77. The summed E-state index contributed by atoms with van der Waals surface area (Å²) in [5, 5.41) is 15.0. The zero-order valence-electron chi connectivity index (χ0n) is 21.0. The first-order chi connectivity index (χ1) is 16.4. The van der Waals surface area contributed by atoms with Gasteiger partial charge in [-0.2, -0.15) is 0 Å². The van der Waals surface area contributed by atoms with E-state index in [-0.39, 0.29) is 0 Å². The minimum absolute atomic E-state index is 0.486. The number of aryl methyl sites for hydroxylation is 3. The SMILES string of the molecule is C#CN(C(=O)C(CO)NC(=O)OC(C)(C)C)C(C(=O)Nc1ccccc1C)c1ccc(C)c(C)c1. The molecule has 2 unspecified atom stereocenters. The van der Waals surface area contributed by atoms with Crippen molar-refractivity contribution in [1.29, 1.82) is 0 Å². The number of benzene rings is 2. The Morgan fingerprint density at radius 3 is 2.26 bits per heavy atom. The topological polar surface area (TPSA) is 108 Å². The lowest BCUT2D eigenvalue weighted by molar-refractivity contribution is -0.137. The number of nitrogens with zero attached hydrogens (tertiary/aromatic N) is 1. The van der Waals surface area contributed by atoms with E-state index in [9.17, 15) is 19.5 Å². The van der Waals surface area contributed by atoms with Gasteiger partial charge in [-0.15, -0.1) is 0 Å². The molecular formula is C27H33N3O5.